The van der Waals surface area contributed by atoms with Gasteiger partial charge < -0.3 is 14.7 Å². The van der Waals surface area contributed by atoms with E-state index in [1.807, 2.05) is 18.0 Å². The highest BCUT2D eigenvalue weighted by Crippen LogP contribution is 2.33. The number of nitrogens with zero attached hydrogens (tertiary/aromatic N) is 1. The van der Waals surface area contributed by atoms with Crippen LogP contribution in [0.1, 0.15) is 18.1 Å². The lowest BCUT2D eigenvalue weighted by Gasteiger charge is -2.20. The molecule has 5 heteroatoms. The molecule has 0 saturated heterocycles. The van der Waals surface area contributed by atoms with Gasteiger partial charge in [-0.1, -0.05) is 22.9 Å². The zero-order valence-electron chi connectivity index (χ0n) is 11.1. The number of benzene rings is 1. The standard InChI is InChI=1S/C14H18BrNO3/c1-9(14(17)18)7-16(2)8-11-6-12(15)5-10-3-4-19-13(10)11/h5-6,9H,3-4,7-8H2,1-2H3,(H,17,18). The molecule has 4 nitrogen and oxygen atoms in total. The second-order valence-corrected chi connectivity index (χ2v) is 6.00. The Bertz CT molecular complexity index is 490. The Kier molecular flexibility index (Phi) is 4.47. The van der Waals surface area contributed by atoms with Crippen LogP contribution in [0.3, 0.4) is 0 Å². The molecule has 1 N–H and O–H groups in total. The minimum Gasteiger partial charge on any atom is -0.493 e. The summed E-state index contributed by atoms with van der Waals surface area (Å²) in [7, 11) is 1.93. The summed E-state index contributed by atoms with van der Waals surface area (Å²) in [6.07, 6.45) is 0.941. The van der Waals surface area contributed by atoms with Crippen molar-refractivity contribution in [3.05, 3.63) is 27.7 Å². The molecule has 1 aromatic rings. The first-order valence-corrected chi connectivity index (χ1v) is 7.12. The molecular formula is C14H18BrNO3. The molecule has 1 atom stereocenters. The summed E-state index contributed by atoms with van der Waals surface area (Å²) in [5, 5.41) is 8.94. The number of ether oxygens (including phenoxy) is 1. The highest BCUT2D eigenvalue weighted by molar-refractivity contribution is 9.10. The summed E-state index contributed by atoms with van der Waals surface area (Å²) in [5.41, 5.74) is 2.34. The fourth-order valence-electron chi connectivity index (χ4n) is 2.36. The van der Waals surface area contributed by atoms with Gasteiger partial charge in [-0.25, -0.2) is 0 Å². The minimum absolute atomic E-state index is 0.369. The van der Waals surface area contributed by atoms with Crippen molar-refractivity contribution in [2.75, 3.05) is 20.2 Å². The third kappa shape index (κ3) is 3.48. The first-order valence-electron chi connectivity index (χ1n) is 6.33. The van der Waals surface area contributed by atoms with Crippen LogP contribution in [0.2, 0.25) is 0 Å². The van der Waals surface area contributed by atoms with Crippen molar-refractivity contribution in [2.45, 2.75) is 19.9 Å². The smallest absolute Gasteiger partial charge is 0.307 e. The molecule has 1 heterocycles. The SMILES string of the molecule is CC(CN(C)Cc1cc(Br)cc2c1OCC2)C(=O)O. The van der Waals surface area contributed by atoms with Crippen molar-refractivity contribution >= 4 is 21.9 Å². The Balaban J connectivity index is 2.09. The van der Waals surface area contributed by atoms with Crippen molar-refractivity contribution in [1.29, 1.82) is 0 Å². The third-order valence-corrected chi connectivity index (χ3v) is 3.73. The predicted molar refractivity (Wildman–Crippen MR) is 76.5 cm³/mol. The van der Waals surface area contributed by atoms with Gasteiger partial charge in [0.1, 0.15) is 5.75 Å². The molecule has 0 aliphatic carbocycles. The number of fused-ring (bicyclic) bond motifs is 1. The van der Waals surface area contributed by atoms with Gasteiger partial charge in [-0.05, 0) is 24.7 Å². The van der Waals surface area contributed by atoms with Crippen LogP contribution in [-0.2, 0) is 17.8 Å². The summed E-state index contributed by atoms with van der Waals surface area (Å²) in [4.78, 5) is 12.9. The lowest BCUT2D eigenvalue weighted by molar-refractivity contribution is -0.141. The largest absolute Gasteiger partial charge is 0.493 e. The Morgan fingerprint density at radius 3 is 3.00 bits per heavy atom. The molecule has 0 amide bonds. The van der Waals surface area contributed by atoms with Crippen LogP contribution in [0.25, 0.3) is 0 Å². The van der Waals surface area contributed by atoms with Crippen LogP contribution in [0.4, 0.5) is 0 Å². The van der Waals surface area contributed by atoms with Crippen molar-refractivity contribution in [3.63, 3.8) is 0 Å². The van der Waals surface area contributed by atoms with E-state index in [4.69, 9.17) is 9.84 Å². The molecule has 0 aromatic heterocycles. The molecule has 1 unspecified atom stereocenters. The van der Waals surface area contributed by atoms with E-state index in [9.17, 15) is 4.79 Å². The van der Waals surface area contributed by atoms with E-state index in [0.717, 1.165) is 28.8 Å². The van der Waals surface area contributed by atoms with Gasteiger partial charge in [0, 0.05) is 29.5 Å². The highest BCUT2D eigenvalue weighted by Gasteiger charge is 2.20. The van der Waals surface area contributed by atoms with Gasteiger partial charge in [0.15, 0.2) is 0 Å². The molecule has 0 saturated carbocycles. The number of aliphatic carboxylic acids is 1. The van der Waals surface area contributed by atoms with Crippen LogP contribution in [-0.4, -0.2) is 36.2 Å². The van der Waals surface area contributed by atoms with Gasteiger partial charge in [-0.3, -0.25) is 4.79 Å². The average molecular weight is 328 g/mol. The van der Waals surface area contributed by atoms with E-state index in [1.165, 1.54) is 5.56 Å². The Labute approximate surface area is 121 Å². The first kappa shape index (κ1) is 14.3. The van der Waals surface area contributed by atoms with Crippen LogP contribution < -0.4 is 4.74 Å². The number of halogens is 1. The third-order valence-electron chi connectivity index (χ3n) is 3.27. The van der Waals surface area contributed by atoms with Crippen molar-refractivity contribution in [3.8, 4) is 5.75 Å². The second-order valence-electron chi connectivity index (χ2n) is 5.09. The van der Waals surface area contributed by atoms with Crippen LogP contribution in [0.15, 0.2) is 16.6 Å². The van der Waals surface area contributed by atoms with Gasteiger partial charge in [0.25, 0.3) is 0 Å². The van der Waals surface area contributed by atoms with Crippen LogP contribution >= 0.6 is 15.9 Å². The summed E-state index contributed by atoms with van der Waals surface area (Å²) < 4.78 is 6.72. The summed E-state index contributed by atoms with van der Waals surface area (Å²) in [6.45, 7) is 3.67. The van der Waals surface area contributed by atoms with E-state index in [0.29, 0.717) is 13.1 Å². The Morgan fingerprint density at radius 2 is 2.32 bits per heavy atom. The van der Waals surface area contributed by atoms with Gasteiger partial charge in [-0.2, -0.15) is 0 Å². The topological polar surface area (TPSA) is 49.8 Å². The first-order chi connectivity index (χ1) is 8.97. The maximum absolute atomic E-state index is 10.9. The van der Waals surface area contributed by atoms with Gasteiger partial charge in [-0.15, -0.1) is 0 Å². The average Bonchev–Trinajstić information content (AvgIpc) is 2.76. The monoisotopic (exact) mass is 327 g/mol. The van der Waals surface area contributed by atoms with Gasteiger partial charge in [0.2, 0.25) is 0 Å². The lowest BCUT2D eigenvalue weighted by atomic mass is 10.1. The highest BCUT2D eigenvalue weighted by atomic mass is 79.9. The Hall–Kier alpha value is -1.07. The van der Waals surface area contributed by atoms with Gasteiger partial charge >= 0.3 is 5.97 Å². The molecule has 1 aliphatic heterocycles. The number of hydrogen-bond donors (Lipinski definition) is 1. The van der Waals surface area contributed by atoms with E-state index < -0.39 is 5.97 Å². The van der Waals surface area contributed by atoms with E-state index in [-0.39, 0.29) is 5.92 Å². The molecule has 2 rings (SSSR count). The van der Waals surface area contributed by atoms with E-state index in [1.54, 1.807) is 6.92 Å². The van der Waals surface area contributed by atoms with Crippen molar-refractivity contribution < 1.29 is 14.6 Å². The Morgan fingerprint density at radius 1 is 1.58 bits per heavy atom. The van der Waals surface area contributed by atoms with Crippen molar-refractivity contribution in [1.82, 2.24) is 4.90 Å². The molecular weight excluding hydrogens is 310 g/mol. The summed E-state index contributed by atoms with van der Waals surface area (Å²) >= 11 is 3.51. The van der Waals surface area contributed by atoms with Crippen LogP contribution in [0.5, 0.6) is 5.75 Å². The number of hydrogen-bond acceptors (Lipinski definition) is 3. The number of carboxylic acids is 1. The maximum Gasteiger partial charge on any atom is 0.307 e. The van der Waals surface area contributed by atoms with Gasteiger partial charge in [0.05, 0.1) is 12.5 Å². The maximum atomic E-state index is 10.9. The summed E-state index contributed by atoms with van der Waals surface area (Å²) in [5.74, 6) is -0.160. The quantitative estimate of drug-likeness (QED) is 0.902. The number of rotatable bonds is 5. The molecule has 1 aliphatic rings. The molecule has 104 valence electrons. The zero-order valence-corrected chi connectivity index (χ0v) is 12.7. The minimum atomic E-state index is -0.762. The molecule has 0 bridgehead atoms. The second kappa shape index (κ2) is 5.92. The predicted octanol–water partition coefficient (Wildman–Crippen LogP) is 2.54. The molecule has 0 radical (unpaired) electrons. The molecule has 1 aromatic carbocycles. The zero-order chi connectivity index (χ0) is 14.0. The van der Waals surface area contributed by atoms with Crippen molar-refractivity contribution in [2.24, 2.45) is 5.92 Å². The number of carbonyl (C=O) groups is 1. The molecule has 0 spiro atoms. The van der Waals surface area contributed by atoms with E-state index >= 15 is 0 Å². The summed E-state index contributed by atoms with van der Waals surface area (Å²) in [6, 6.07) is 4.14. The molecule has 19 heavy (non-hydrogen) atoms. The fraction of sp³-hybridized carbons (Fsp3) is 0.500. The number of carboxylic acid groups (broad SMARTS) is 1. The van der Waals surface area contributed by atoms with Crippen LogP contribution in [0, 0.1) is 5.92 Å². The normalized spacial score (nSPS) is 15.2. The van der Waals surface area contributed by atoms with E-state index in [2.05, 4.69) is 22.0 Å². The fourth-order valence-corrected chi connectivity index (χ4v) is 2.92. The molecule has 0 fully saturated rings. The lowest BCUT2D eigenvalue weighted by Crippen LogP contribution is -2.28.